The molecule has 2 N–H and O–H groups in total. The van der Waals surface area contributed by atoms with Gasteiger partial charge < -0.3 is 5.73 Å². The molecule has 2 aromatic rings. The third kappa shape index (κ3) is 3.89. The Morgan fingerprint density at radius 1 is 0.826 bits per heavy atom. The zero-order valence-electron chi connectivity index (χ0n) is 13.6. The minimum atomic E-state index is 0.0842. The second-order valence-corrected chi connectivity index (χ2v) is 6.54. The topological polar surface area (TPSA) is 43.1 Å². The van der Waals surface area contributed by atoms with Crippen LogP contribution in [0.2, 0.25) is 0 Å². The molecular formula is C21H25NO. The minimum absolute atomic E-state index is 0.0842. The Morgan fingerprint density at radius 2 is 1.35 bits per heavy atom. The molecule has 0 aromatic heterocycles. The van der Waals surface area contributed by atoms with Crippen LogP contribution >= 0.6 is 0 Å². The quantitative estimate of drug-likeness (QED) is 0.650. The number of nitrogens with two attached hydrogens (primary N) is 1. The predicted octanol–water partition coefficient (Wildman–Crippen LogP) is 4.81. The summed E-state index contributed by atoms with van der Waals surface area (Å²) in [4.78, 5) is 12.6. The summed E-state index contributed by atoms with van der Waals surface area (Å²) < 4.78 is 0. The number of benzene rings is 2. The van der Waals surface area contributed by atoms with E-state index in [-0.39, 0.29) is 5.78 Å². The molecular weight excluding hydrogens is 282 g/mol. The van der Waals surface area contributed by atoms with Crippen molar-refractivity contribution in [1.82, 2.24) is 0 Å². The van der Waals surface area contributed by atoms with Gasteiger partial charge in [0.1, 0.15) is 0 Å². The van der Waals surface area contributed by atoms with Crippen LogP contribution in [-0.4, -0.2) is 5.78 Å². The summed E-state index contributed by atoms with van der Waals surface area (Å²) in [6.07, 6.45) is 7.97. The Hall–Kier alpha value is -1.93. The SMILES string of the molecule is NCc1ccc(C(=O)c2ccc(C3CCCCCC3)cc2)cc1. The summed E-state index contributed by atoms with van der Waals surface area (Å²) in [5, 5.41) is 0. The van der Waals surface area contributed by atoms with Crippen molar-refractivity contribution >= 4 is 5.78 Å². The fourth-order valence-corrected chi connectivity index (χ4v) is 3.48. The summed E-state index contributed by atoms with van der Waals surface area (Å²) in [6.45, 7) is 0.505. The summed E-state index contributed by atoms with van der Waals surface area (Å²) in [5.74, 6) is 0.756. The second kappa shape index (κ2) is 7.56. The highest BCUT2D eigenvalue weighted by Crippen LogP contribution is 2.31. The molecule has 0 aliphatic heterocycles. The Morgan fingerprint density at radius 3 is 1.87 bits per heavy atom. The molecule has 0 atom stereocenters. The van der Waals surface area contributed by atoms with E-state index in [9.17, 15) is 4.79 Å². The highest BCUT2D eigenvalue weighted by atomic mass is 16.1. The number of ketones is 1. The molecule has 2 nitrogen and oxygen atoms in total. The van der Waals surface area contributed by atoms with Crippen LogP contribution < -0.4 is 5.73 Å². The van der Waals surface area contributed by atoms with Crippen molar-refractivity contribution in [2.75, 3.05) is 0 Å². The van der Waals surface area contributed by atoms with Crippen molar-refractivity contribution in [3.05, 3.63) is 70.8 Å². The number of hydrogen-bond donors (Lipinski definition) is 1. The van der Waals surface area contributed by atoms with Gasteiger partial charge in [0, 0.05) is 17.7 Å². The van der Waals surface area contributed by atoms with Gasteiger partial charge in [0.15, 0.2) is 5.78 Å². The zero-order chi connectivity index (χ0) is 16.1. The second-order valence-electron chi connectivity index (χ2n) is 6.54. The van der Waals surface area contributed by atoms with Crippen molar-refractivity contribution in [2.45, 2.75) is 51.0 Å². The van der Waals surface area contributed by atoms with E-state index in [1.807, 2.05) is 36.4 Å². The van der Waals surface area contributed by atoms with Gasteiger partial charge in [-0.05, 0) is 29.9 Å². The summed E-state index contributed by atoms with van der Waals surface area (Å²) in [7, 11) is 0. The molecule has 2 aromatic carbocycles. The van der Waals surface area contributed by atoms with Crippen LogP contribution in [0.5, 0.6) is 0 Å². The van der Waals surface area contributed by atoms with Gasteiger partial charge >= 0.3 is 0 Å². The molecule has 120 valence electrons. The van der Waals surface area contributed by atoms with Gasteiger partial charge in [0.05, 0.1) is 0 Å². The van der Waals surface area contributed by atoms with Crippen molar-refractivity contribution < 1.29 is 4.79 Å². The highest BCUT2D eigenvalue weighted by Gasteiger charge is 2.15. The molecule has 1 saturated carbocycles. The van der Waals surface area contributed by atoms with E-state index in [0.29, 0.717) is 12.5 Å². The van der Waals surface area contributed by atoms with E-state index in [4.69, 9.17) is 5.73 Å². The normalized spacial score (nSPS) is 16.0. The maximum Gasteiger partial charge on any atom is 0.193 e. The van der Waals surface area contributed by atoms with Crippen LogP contribution in [0.15, 0.2) is 48.5 Å². The standard InChI is InChI=1S/C21H25NO/c22-15-16-7-9-19(10-8-16)21(23)20-13-11-18(12-14-20)17-5-3-1-2-4-6-17/h7-14,17H,1-6,15,22H2. The summed E-state index contributed by atoms with van der Waals surface area (Å²) >= 11 is 0. The highest BCUT2D eigenvalue weighted by molar-refractivity contribution is 6.09. The molecule has 0 radical (unpaired) electrons. The lowest BCUT2D eigenvalue weighted by Crippen LogP contribution is -2.04. The molecule has 0 spiro atoms. The van der Waals surface area contributed by atoms with Gasteiger partial charge in [-0.1, -0.05) is 74.2 Å². The molecule has 0 bridgehead atoms. The monoisotopic (exact) mass is 307 g/mol. The van der Waals surface area contributed by atoms with Crippen molar-refractivity contribution in [2.24, 2.45) is 5.73 Å². The van der Waals surface area contributed by atoms with E-state index in [1.54, 1.807) is 0 Å². The molecule has 2 heteroatoms. The molecule has 1 aliphatic carbocycles. The predicted molar refractivity (Wildman–Crippen MR) is 94.7 cm³/mol. The van der Waals surface area contributed by atoms with E-state index in [0.717, 1.165) is 16.7 Å². The number of carbonyl (C=O) groups is 1. The average Bonchev–Trinajstić information content (AvgIpc) is 2.91. The number of hydrogen-bond acceptors (Lipinski definition) is 2. The molecule has 0 amide bonds. The zero-order valence-corrected chi connectivity index (χ0v) is 13.6. The van der Waals surface area contributed by atoms with Gasteiger partial charge in [-0.3, -0.25) is 4.79 Å². The molecule has 0 heterocycles. The van der Waals surface area contributed by atoms with Crippen molar-refractivity contribution in [3.8, 4) is 0 Å². The van der Waals surface area contributed by atoms with Crippen molar-refractivity contribution in [1.29, 1.82) is 0 Å². The van der Waals surface area contributed by atoms with E-state index < -0.39 is 0 Å². The van der Waals surface area contributed by atoms with Crippen LogP contribution in [0.1, 0.15) is 71.5 Å². The fraction of sp³-hybridized carbons (Fsp3) is 0.381. The molecule has 1 fully saturated rings. The lowest BCUT2D eigenvalue weighted by Gasteiger charge is -2.14. The van der Waals surface area contributed by atoms with E-state index >= 15 is 0 Å². The van der Waals surface area contributed by atoms with Crippen LogP contribution in [0.3, 0.4) is 0 Å². The van der Waals surface area contributed by atoms with Crippen LogP contribution in [0, 0.1) is 0 Å². The molecule has 23 heavy (non-hydrogen) atoms. The first-order chi connectivity index (χ1) is 11.3. The Labute approximate surface area is 138 Å². The van der Waals surface area contributed by atoms with Gasteiger partial charge in [0.2, 0.25) is 0 Å². The first-order valence-electron chi connectivity index (χ1n) is 8.71. The Kier molecular flexibility index (Phi) is 5.24. The Bertz CT molecular complexity index is 635. The summed E-state index contributed by atoms with van der Waals surface area (Å²) in [6, 6.07) is 15.8. The maximum absolute atomic E-state index is 12.6. The van der Waals surface area contributed by atoms with Gasteiger partial charge in [-0.15, -0.1) is 0 Å². The minimum Gasteiger partial charge on any atom is -0.326 e. The molecule has 0 unspecified atom stereocenters. The lowest BCUT2D eigenvalue weighted by atomic mass is 9.90. The summed E-state index contributed by atoms with van der Waals surface area (Å²) in [5.41, 5.74) is 9.53. The van der Waals surface area contributed by atoms with Gasteiger partial charge in [-0.2, -0.15) is 0 Å². The number of rotatable bonds is 4. The number of carbonyl (C=O) groups excluding carboxylic acids is 1. The lowest BCUT2D eigenvalue weighted by molar-refractivity contribution is 0.103. The molecule has 1 aliphatic rings. The largest absolute Gasteiger partial charge is 0.326 e. The van der Waals surface area contributed by atoms with E-state index in [1.165, 1.54) is 44.1 Å². The smallest absolute Gasteiger partial charge is 0.193 e. The van der Waals surface area contributed by atoms with Crippen LogP contribution in [0.25, 0.3) is 0 Å². The first-order valence-corrected chi connectivity index (χ1v) is 8.71. The average molecular weight is 307 g/mol. The molecule has 3 rings (SSSR count). The molecule has 0 saturated heterocycles. The van der Waals surface area contributed by atoms with Gasteiger partial charge in [-0.25, -0.2) is 0 Å². The van der Waals surface area contributed by atoms with Crippen LogP contribution in [-0.2, 0) is 6.54 Å². The maximum atomic E-state index is 12.6. The van der Waals surface area contributed by atoms with Crippen molar-refractivity contribution in [3.63, 3.8) is 0 Å². The van der Waals surface area contributed by atoms with Crippen LogP contribution in [0.4, 0.5) is 0 Å². The fourth-order valence-electron chi connectivity index (χ4n) is 3.48. The third-order valence-electron chi connectivity index (χ3n) is 4.95. The first kappa shape index (κ1) is 15.9. The third-order valence-corrected chi connectivity index (χ3v) is 4.95. The van der Waals surface area contributed by atoms with E-state index in [2.05, 4.69) is 12.1 Å². The Balaban J connectivity index is 1.73. The van der Waals surface area contributed by atoms with Gasteiger partial charge in [0.25, 0.3) is 0 Å².